The van der Waals surface area contributed by atoms with Gasteiger partial charge in [0.2, 0.25) is 0 Å². The van der Waals surface area contributed by atoms with Crippen LogP contribution in [0, 0.1) is 0 Å². The van der Waals surface area contributed by atoms with Crippen LogP contribution in [-0.2, 0) is 0 Å². The molecule has 20 heavy (non-hydrogen) atoms. The fourth-order valence-corrected chi connectivity index (χ4v) is 3.13. The highest BCUT2D eigenvalue weighted by Gasteiger charge is 2.38. The molecule has 108 valence electrons. The van der Waals surface area contributed by atoms with E-state index in [1.54, 1.807) is 14.2 Å². The van der Waals surface area contributed by atoms with E-state index < -0.39 is 0 Å². The van der Waals surface area contributed by atoms with E-state index in [1.165, 1.54) is 0 Å². The summed E-state index contributed by atoms with van der Waals surface area (Å²) in [7, 11) is 3.17. The average molecular weight is 276 g/mol. The van der Waals surface area contributed by atoms with Gasteiger partial charge in [0.1, 0.15) is 17.1 Å². The van der Waals surface area contributed by atoms with E-state index in [9.17, 15) is 4.79 Å². The topological polar surface area (TPSA) is 42.0 Å². The lowest BCUT2D eigenvalue weighted by atomic mass is 9.96. The Balaban J connectivity index is 1.94. The summed E-state index contributed by atoms with van der Waals surface area (Å²) in [6.45, 7) is 4.86. The van der Waals surface area contributed by atoms with Crippen molar-refractivity contribution in [3.05, 3.63) is 23.8 Å². The number of benzene rings is 1. The van der Waals surface area contributed by atoms with Crippen LogP contribution in [0.2, 0.25) is 0 Å². The summed E-state index contributed by atoms with van der Waals surface area (Å²) in [5.41, 5.74) is 0.566. The van der Waals surface area contributed by atoms with Crippen molar-refractivity contribution in [3.63, 3.8) is 0 Å². The van der Waals surface area contributed by atoms with Gasteiger partial charge in [-0.15, -0.1) is 0 Å². The lowest BCUT2D eigenvalue weighted by Gasteiger charge is -2.46. The molecular weight excluding hydrogens is 256 g/mol. The summed E-state index contributed by atoms with van der Waals surface area (Å²) in [6, 6.07) is 5.38. The number of nitrogens with zero attached hydrogens (tertiary/aromatic N) is 2. The third-order valence-corrected chi connectivity index (χ3v) is 4.26. The van der Waals surface area contributed by atoms with Crippen LogP contribution in [-0.4, -0.2) is 68.6 Å². The largest absolute Gasteiger partial charge is 0.496 e. The molecule has 1 unspecified atom stereocenters. The first-order valence-corrected chi connectivity index (χ1v) is 6.96. The van der Waals surface area contributed by atoms with Crippen molar-refractivity contribution in [2.45, 2.75) is 6.04 Å². The van der Waals surface area contributed by atoms with Crippen LogP contribution in [0.3, 0.4) is 0 Å². The predicted molar refractivity (Wildman–Crippen MR) is 75.7 cm³/mol. The fourth-order valence-electron chi connectivity index (χ4n) is 3.13. The van der Waals surface area contributed by atoms with E-state index in [4.69, 9.17) is 9.47 Å². The van der Waals surface area contributed by atoms with Gasteiger partial charge in [-0.2, -0.15) is 0 Å². The van der Waals surface area contributed by atoms with Crippen LogP contribution in [0.1, 0.15) is 10.4 Å². The lowest BCUT2D eigenvalue weighted by Crippen LogP contribution is -2.63. The highest BCUT2D eigenvalue weighted by Crippen LogP contribution is 2.31. The summed E-state index contributed by atoms with van der Waals surface area (Å²) in [5, 5.41) is 0. The van der Waals surface area contributed by atoms with E-state index in [0.717, 1.165) is 32.7 Å². The molecule has 2 bridgehead atoms. The van der Waals surface area contributed by atoms with Gasteiger partial charge in [-0.3, -0.25) is 14.6 Å². The molecule has 0 aliphatic carbocycles. The van der Waals surface area contributed by atoms with Crippen LogP contribution in [0.15, 0.2) is 18.2 Å². The second kappa shape index (κ2) is 5.42. The Bertz CT molecular complexity index is 488. The monoisotopic (exact) mass is 276 g/mol. The van der Waals surface area contributed by atoms with Crippen LogP contribution >= 0.6 is 0 Å². The number of carbonyl (C=O) groups excluding carboxylic acids is 1. The van der Waals surface area contributed by atoms with Gasteiger partial charge in [0.25, 0.3) is 0 Å². The van der Waals surface area contributed by atoms with E-state index in [1.807, 2.05) is 18.2 Å². The second-order valence-electron chi connectivity index (χ2n) is 5.25. The minimum Gasteiger partial charge on any atom is -0.496 e. The molecule has 1 aromatic carbocycles. The number of methoxy groups -OCH3 is 2. The normalized spacial score (nSPS) is 28.2. The molecule has 0 saturated carbocycles. The molecule has 3 aliphatic heterocycles. The molecule has 0 spiro atoms. The summed E-state index contributed by atoms with van der Waals surface area (Å²) >= 11 is 0. The predicted octanol–water partition coefficient (Wildman–Crippen LogP) is 0.886. The first kappa shape index (κ1) is 13.4. The van der Waals surface area contributed by atoms with Gasteiger partial charge in [0.05, 0.1) is 20.3 Å². The van der Waals surface area contributed by atoms with Gasteiger partial charge in [-0.25, -0.2) is 0 Å². The first-order valence-electron chi connectivity index (χ1n) is 6.96. The smallest absolute Gasteiger partial charge is 0.188 e. The Morgan fingerprint density at radius 1 is 1.10 bits per heavy atom. The zero-order chi connectivity index (χ0) is 14.1. The molecule has 5 nitrogen and oxygen atoms in total. The molecule has 3 saturated heterocycles. The summed E-state index contributed by atoms with van der Waals surface area (Å²) < 4.78 is 10.7. The molecule has 3 heterocycles. The maximum atomic E-state index is 12.9. The van der Waals surface area contributed by atoms with Crippen LogP contribution < -0.4 is 9.47 Å². The van der Waals surface area contributed by atoms with E-state index in [-0.39, 0.29) is 11.8 Å². The summed E-state index contributed by atoms with van der Waals surface area (Å²) in [5.74, 6) is 1.28. The van der Waals surface area contributed by atoms with E-state index >= 15 is 0 Å². The molecule has 0 amide bonds. The molecule has 0 N–H and O–H groups in total. The Morgan fingerprint density at radius 2 is 1.70 bits per heavy atom. The Kier molecular flexibility index (Phi) is 3.63. The van der Waals surface area contributed by atoms with Crippen LogP contribution in [0.5, 0.6) is 11.5 Å². The zero-order valence-electron chi connectivity index (χ0n) is 12.0. The molecular formula is C15H20N2O3. The Hall–Kier alpha value is -1.59. The van der Waals surface area contributed by atoms with Gasteiger partial charge in [0, 0.05) is 32.7 Å². The molecule has 3 fully saturated rings. The Morgan fingerprint density at radius 3 is 2.15 bits per heavy atom. The zero-order valence-corrected chi connectivity index (χ0v) is 12.0. The van der Waals surface area contributed by atoms with Crippen molar-refractivity contribution in [3.8, 4) is 11.5 Å². The number of hydrogen-bond acceptors (Lipinski definition) is 5. The standard InChI is InChI=1S/C15H20N2O3/c1-19-12-4-3-5-13(20-2)14(12)15(18)11-10-16-6-8-17(11)9-7-16/h3-5,11H,6-10H2,1-2H3. The van der Waals surface area contributed by atoms with Crippen molar-refractivity contribution in [2.75, 3.05) is 46.9 Å². The van der Waals surface area contributed by atoms with E-state index in [2.05, 4.69) is 9.80 Å². The number of Topliss-reactive ketones (excluding diaryl/α,β-unsaturated/α-hetero) is 1. The quantitative estimate of drug-likeness (QED) is 0.764. The van der Waals surface area contributed by atoms with Crippen molar-refractivity contribution >= 4 is 5.78 Å². The second-order valence-corrected chi connectivity index (χ2v) is 5.25. The van der Waals surface area contributed by atoms with Crippen LogP contribution in [0.25, 0.3) is 0 Å². The minimum absolute atomic E-state index is 0.0808. The fraction of sp³-hybridized carbons (Fsp3) is 0.533. The van der Waals surface area contributed by atoms with Crippen molar-refractivity contribution < 1.29 is 14.3 Å². The maximum absolute atomic E-state index is 12.9. The molecule has 1 aromatic rings. The molecule has 5 heteroatoms. The van der Waals surface area contributed by atoms with E-state index in [0.29, 0.717) is 17.1 Å². The Labute approximate surface area is 119 Å². The molecule has 1 atom stereocenters. The van der Waals surface area contributed by atoms with Gasteiger partial charge < -0.3 is 9.47 Å². The number of fused-ring (bicyclic) bond motifs is 3. The van der Waals surface area contributed by atoms with Crippen LogP contribution in [0.4, 0.5) is 0 Å². The summed E-state index contributed by atoms with van der Waals surface area (Å²) in [6.07, 6.45) is 0. The third kappa shape index (κ3) is 2.17. The van der Waals surface area contributed by atoms with Crippen molar-refractivity contribution in [1.29, 1.82) is 0 Å². The average Bonchev–Trinajstić information content (AvgIpc) is 2.54. The number of piperazine rings is 3. The number of hydrogen-bond donors (Lipinski definition) is 0. The SMILES string of the molecule is COc1cccc(OC)c1C(=O)C1CN2CCN1CC2. The maximum Gasteiger partial charge on any atom is 0.188 e. The highest BCUT2D eigenvalue weighted by atomic mass is 16.5. The first-order chi connectivity index (χ1) is 9.74. The molecule has 3 aliphatic rings. The third-order valence-electron chi connectivity index (χ3n) is 4.26. The van der Waals surface area contributed by atoms with Gasteiger partial charge in [0.15, 0.2) is 5.78 Å². The van der Waals surface area contributed by atoms with Gasteiger partial charge >= 0.3 is 0 Å². The molecule has 0 aromatic heterocycles. The van der Waals surface area contributed by atoms with Gasteiger partial charge in [-0.1, -0.05) is 6.07 Å². The number of carbonyl (C=O) groups is 1. The van der Waals surface area contributed by atoms with Gasteiger partial charge in [-0.05, 0) is 12.1 Å². The summed E-state index contributed by atoms with van der Waals surface area (Å²) in [4.78, 5) is 17.5. The molecule has 0 radical (unpaired) electrons. The lowest BCUT2D eigenvalue weighted by molar-refractivity contribution is 0.0156. The van der Waals surface area contributed by atoms with Crippen molar-refractivity contribution in [2.24, 2.45) is 0 Å². The number of rotatable bonds is 4. The number of ketones is 1. The van der Waals surface area contributed by atoms with Crippen molar-refractivity contribution in [1.82, 2.24) is 9.80 Å². The minimum atomic E-state index is -0.0808. The number of ether oxygens (including phenoxy) is 2. The highest BCUT2D eigenvalue weighted by molar-refractivity contribution is 6.05. The molecule has 4 rings (SSSR count).